The van der Waals surface area contributed by atoms with Gasteiger partial charge in [0.25, 0.3) is 0 Å². The number of rotatable bonds is 9. The molecular weight excluding hydrogens is 1080 g/mol. The second-order valence-corrected chi connectivity index (χ2v) is 21.1. The first-order valence-electron chi connectivity index (χ1n) is 27.8. The average molecular weight is 1130 g/mol. The van der Waals surface area contributed by atoms with E-state index in [1.807, 2.05) is 175 Å². The van der Waals surface area contributed by atoms with E-state index in [1.165, 1.54) is 6.07 Å². The maximum absolute atomic E-state index is 15.5. The van der Waals surface area contributed by atoms with E-state index in [4.69, 9.17) is 21.5 Å². The number of hydrogen-bond acceptors (Lipinski definition) is 6. The van der Waals surface area contributed by atoms with E-state index in [0.717, 1.165) is 72.5 Å². The third-order valence-corrected chi connectivity index (χ3v) is 16.1. The number of nitriles is 3. The largest absolute Gasteiger partial charge is 0.416 e. The number of aromatic nitrogens is 5. The van der Waals surface area contributed by atoms with Crippen molar-refractivity contribution < 1.29 is 13.2 Å². The van der Waals surface area contributed by atoms with Gasteiger partial charge in [-0.05, 0) is 124 Å². The fourth-order valence-corrected chi connectivity index (χ4v) is 12.0. The fourth-order valence-electron chi connectivity index (χ4n) is 12.0. The van der Waals surface area contributed by atoms with Crippen LogP contribution in [-0.4, -0.2) is 24.1 Å². The molecule has 12 heteroatoms. The first-order chi connectivity index (χ1) is 42.5. The van der Waals surface area contributed by atoms with Crippen LogP contribution in [0.15, 0.2) is 237 Å². The molecule has 11 aromatic carbocycles. The molecule has 0 bridgehead atoms. The van der Waals surface area contributed by atoms with Crippen molar-refractivity contribution in [2.45, 2.75) is 13.1 Å². The molecule has 0 unspecified atom stereocenters. The highest BCUT2D eigenvalue weighted by molar-refractivity contribution is 6.13. The van der Waals surface area contributed by atoms with Crippen molar-refractivity contribution in [3.05, 3.63) is 276 Å². The smallest absolute Gasteiger partial charge is 0.308 e. The zero-order valence-electron chi connectivity index (χ0n) is 46.2. The van der Waals surface area contributed by atoms with Gasteiger partial charge in [0.05, 0.1) is 80.5 Å². The van der Waals surface area contributed by atoms with Gasteiger partial charge in [-0.25, -0.2) is 19.8 Å². The topological polar surface area (TPSA) is 124 Å². The van der Waals surface area contributed by atoms with E-state index in [9.17, 15) is 15.8 Å². The maximum Gasteiger partial charge on any atom is 0.416 e. The molecule has 0 N–H and O–H groups in total. The molecule has 0 saturated carbocycles. The molecule has 0 amide bonds. The Balaban J connectivity index is 1.07. The minimum absolute atomic E-state index is 0.0463. The number of hydrogen-bond donors (Lipinski definition) is 0. The van der Waals surface area contributed by atoms with Crippen molar-refractivity contribution in [3.63, 3.8) is 0 Å². The van der Waals surface area contributed by atoms with Crippen molar-refractivity contribution in [2.24, 2.45) is 0 Å². The Morgan fingerprint density at radius 2 is 0.759 bits per heavy atom. The Hall–Kier alpha value is -12.2. The van der Waals surface area contributed by atoms with E-state index in [2.05, 4.69) is 45.8 Å². The van der Waals surface area contributed by atoms with E-state index >= 15 is 13.2 Å². The molecule has 0 fully saturated rings. The minimum atomic E-state index is -4.80. The van der Waals surface area contributed by atoms with Crippen LogP contribution >= 0.6 is 0 Å². The third kappa shape index (κ3) is 9.15. The van der Waals surface area contributed by atoms with Gasteiger partial charge in [0.15, 0.2) is 23.2 Å². The molecule has 0 aliphatic rings. The van der Waals surface area contributed by atoms with Crippen LogP contribution in [0.25, 0.3) is 139 Å². The van der Waals surface area contributed by atoms with Crippen molar-refractivity contribution in [1.82, 2.24) is 24.1 Å². The molecular formula is C75H42F3N9. The van der Waals surface area contributed by atoms with Crippen LogP contribution in [0.1, 0.15) is 27.8 Å². The lowest BCUT2D eigenvalue weighted by Gasteiger charge is -2.19. The summed E-state index contributed by atoms with van der Waals surface area (Å²) in [5.41, 5.74) is 12.6. The Morgan fingerprint density at radius 3 is 1.20 bits per heavy atom. The summed E-state index contributed by atoms with van der Waals surface area (Å²) in [7, 11) is 0. The molecule has 0 saturated heterocycles. The Morgan fingerprint density at radius 1 is 0.379 bits per heavy atom. The van der Waals surface area contributed by atoms with Crippen LogP contribution in [0.2, 0.25) is 0 Å². The van der Waals surface area contributed by atoms with E-state index in [-0.39, 0.29) is 23.0 Å². The molecule has 3 aromatic heterocycles. The van der Waals surface area contributed by atoms with Gasteiger partial charge in [0, 0.05) is 38.2 Å². The molecule has 87 heavy (non-hydrogen) atoms. The van der Waals surface area contributed by atoms with Crippen LogP contribution in [-0.2, 0) is 6.18 Å². The number of para-hydroxylation sites is 1. The van der Waals surface area contributed by atoms with E-state index in [0.29, 0.717) is 78.2 Å². The van der Waals surface area contributed by atoms with Crippen LogP contribution in [0.3, 0.4) is 0 Å². The molecule has 0 atom stereocenters. The summed E-state index contributed by atoms with van der Waals surface area (Å²) in [5.74, 6) is 0.328. The number of halogens is 3. The fraction of sp³-hybridized carbons (Fsp3) is 0.0267. The quantitative estimate of drug-likeness (QED) is 0.133. The van der Waals surface area contributed by atoms with Gasteiger partial charge in [-0.3, -0.25) is 0 Å². The summed E-state index contributed by atoms with van der Waals surface area (Å²) < 4.78 is 50.5. The lowest BCUT2D eigenvalue weighted by Crippen LogP contribution is -2.09. The van der Waals surface area contributed by atoms with Gasteiger partial charge in [-0.15, -0.1) is 0 Å². The first kappa shape index (κ1) is 52.8. The molecule has 408 valence electrons. The van der Waals surface area contributed by atoms with E-state index < -0.39 is 11.7 Å². The Kier molecular flexibility index (Phi) is 12.9. The third-order valence-electron chi connectivity index (χ3n) is 16.1. The van der Waals surface area contributed by atoms with Crippen molar-refractivity contribution in [3.8, 4) is 108 Å². The first-order valence-corrected chi connectivity index (χ1v) is 27.8. The highest BCUT2D eigenvalue weighted by Gasteiger charge is 2.33. The Labute approximate surface area is 497 Å². The molecule has 9 nitrogen and oxygen atoms in total. The summed E-state index contributed by atoms with van der Waals surface area (Å²) in [5, 5.41) is 34.3. The standard InChI is InChI=1S/C75H42F3N9/c1-45-24-34-66(86-68-37-47(55-19-9-6-16-51(55)42-79)27-32-61(68)62-33-28-50(40-71(62)86)58-22-12-13-23-65(58)82-2)63(36-45)73-83-72(46-14-4-3-5-15-46)84-74(85-73)64-41-54(75(76,77)78)29-35-67(64)87-69-38-48(56-20-10-7-17-52(56)43-80)25-30-59(69)60-31-26-49(39-70(60)87)57-21-11-8-18-53(57)44-81/h3-41H,1H3. The molecule has 14 rings (SSSR count). The van der Waals surface area contributed by atoms with Gasteiger partial charge in [-0.1, -0.05) is 169 Å². The summed E-state index contributed by atoms with van der Waals surface area (Å²) in [6.07, 6.45) is -4.80. The Bertz CT molecular complexity index is 5130. The highest BCUT2D eigenvalue weighted by Crippen LogP contribution is 2.45. The predicted molar refractivity (Wildman–Crippen MR) is 337 cm³/mol. The predicted octanol–water partition coefficient (Wildman–Crippen LogP) is 19.2. The zero-order valence-corrected chi connectivity index (χ0v) is 46.2. The van der Waals surface area contributed by atoms with E-state index in [1.54, 1.807) is 36.4 Å². The maximum atomic E-state index is 15.5. The normalized spacial score (nSPS) is 11.4. The number of alkyl halides is 3. The monoisotopic (exact) mass is 1130 g/mol. The van der Waals surface area contributed by atoms with Crippen LogP contribution in [0, 0.1) is 47.5 Å². The molecule has 3 heterocycles. The van der Waals surface area contributed by atoms with Gasteiger partial charge >= 0.3 is 6.18 Å². The van der Waals surface area contributed by atoms with Gasteiger partial charge in [0.2, 0.25) is 0 Å². The minimum Gasteiger partial charge on any atom is -0.308 e. The van der Waals surface area contributed by atoms with Gasteiger partial charge in [-0.2, -0.15) is 29.0 Å². The highest BCUT2D eigenvalue weighted by atomic mass is 19.4. The second kappa shape index (κ2) is 21.2. The van der Waals surface area contributed by atoms with Crippen molar-refractivity contribution in [2.75, 3.05) is 0 Å². The second-order valence-electron chi connectivity index (χ2n) is 21.1. The molecule has 0 aliphatic carbocycles. The number of aryl methyl sites for hydroxylation is 1. The summed E-state index contributed by atoms with van der Waals surface area (Å²) in [4.78, 5) is 19.6. The average Bonchev–Trinajstić information content (AvgIpc) is 1.69. The lowest BCUT2D eigenvalue weighted by molar-refractivity contribution is -0.137. The molecule has 14 aromatic rings. The van der Waals surface area contributed by atoms with Crippen LogP contribution in [0.4, 0.5) is 18.9 Å². The van der Waals surface area contributed by atoms with Crippen molar-refractivity contribution >= 4 is 49.3 Å². The van der Waals surface area contributed by atoms with Gasteiger partial charge in [0.1, 0.15) is 0 Å². The van der Waals surface area contributed by atoms with Crippen LogP contribution in [0.5, 0.6) is 0 Å². The molecule has 0 spiro atoms. The number of benzene rings is 11. The zero-order chi connectivity index (χ0) is 59.5. The molecule has 0 aliphatic heterocycles. The van der Waals surface area contributed by atoms with Gasteiger partial charge < -0.3 is 9.13 Å². The number of nitrogens with zero attached hydrogens (tertiary/aromatic N) is 9. The SMILES string of the molecule is [C-]#[N+]c1ccccc1-c1ccc2c3ccc(-c4ccccc4C#N)cc3n(-c3ccc(C)cc3-c3nc(-c4ccccc4)nc(-c4cc(C(F)(F)F)ccc4-n4c5cc(-c6ccccc6C#N)ccc5c5ccc(-c6ccccc6C#N)cc54)n3)c2c1. The summed E-state index contributed by atoms with van der Waals surface area (Å²) in [6.45, 7) is 10.0. The van der Waals surface area contributed by atoms with Crippen LogP contribution < -0.4 is 0 Å². The summed E-state index contributed by atoms with van der Waals surface area (Å²) in [6, 6.07) is 79.2. The number of fused-ring (bicyclic) bond motifs is 6. The summed E-state index contributed by atoms with van der Waals surface area (Å²) >= 11 is 0. The van der Waals surface area contributed by atoms with Crippen molar-refractivity contribution in [1.29, 1.82) is 15.8 Å². The lowest BCUT2D eigenvalue weighted by atomic mass is 9.98. The molecule has 0 radical (unpaired) electrons.